The number of aromatic nitrogens is 2. The molecule has 32 heavy (non-hydrogen) atoms. The van der Waals surface area contributed by atoms with Crippen LogP contribution in [0.25, 0.3) is 11.4 Å². The molecule has 3 aromatic rings. The predicted molar refractivity (Wildman–Crippen MR) is 131 cm³/mol. The molecule has 0 saturated carbocycles. The Morgan fingerprint density at radius 1 is 0.938 bits per heavy atom. The minimum Gasteiger partial charge on any atom is -0.389 e. The van der Waals surface area contributed by atoms with E-state index >= 15 is 0 Å². The van der Waals surface area contributed by atoms with E-state index in [-0.39, 0.29) is 0 Å². The van der Waals surface area contributed by atoms with Crippen molar-refractivity contribution in [3.8, 4) is 11.4 Å². The van der Waals surface area contributed by atoms with Crippen molar-refractivity contribution in [3.05, 3.63) is 76.4 Å². The van der Waals surface area contributed by atoms with Gasteiger partial charge in [-0.25, -0.2) is 9.97 Å². The van der Waals surface area contributed by atoms with Gasteiger partial charge in [0, 0.05) is 61.0 Å². The predicted octanol–water partition coefficient (Wildman–Crippen LogP) is 4.59. The molecule has 1 saturated heterocycles. The second-order valence-electron chi connectivity index (χ2n) is 9.14. The number of hydrogen-bond donors (Lipinski definition) is 1. The van der Waals surface area contributed by atoms with Gasteiger partial charge in [-0.3, -0.25) is 4.90 Å². The second kappa shape index (κ2) is 9.57. The van der Waals surface area contributed by atoms with Crippen molar-refractivity contribution in [2.45, 2.75) is 32.8 Å². The minimum atomic E-state index is -0.691. The van der Waals surface area contributed by atoms with E-state index in [9.17, 15) is 5.11 Å². The maximum atomic E-state index is 10.2. The quantitative estimate of drug-likeness (QED) is 0.595. The highest BCUT2D eigenvalue weighted by atomic mass is 35.5. The fourth-order valence-electron chi connectivity index (χ4n) is 4.26. The van der Waals surface area contributed by atoms with Gasteiger partial charge >= 0.3 is 0 Å². The topological polar surface area (TPSA) is 52.5 Å². The van der Waals surface area contributed by atoms with E-state index in [1.807, 2.05) is 62.4 Å². The molecule has 2 aromatic carbocycles. The number of benzene rings is 2. The van der Waals surface area contributed by atoms with Gasteiger partial charge in [0.2, 0.25) is 0 Å². The van der Waals surface area contributed by atoms with Gasteiger partial charge in [0.25, 0.3) is 0 Å². The number of halogens is 1. The first-order valence-corrected chi connectivity index (χ1v) is 11.5. The Morgan fingerprint density at radius 3 is 2.25 bits per heavy atom. The zero-order valence-corrected chi connectivity index (χ0v) is 19.8. The lowest BCUT2D eigenvalue weighted by atomic mass is 10.0. The maximum absolute atomic E-state index is 10.2. The number of rotatable bonds is 6. The smallest absolute Gasteiger partial charge is 0.161 e. The second-order valence-corrected chi connectivity index (χ2v) is 9.55. The summed E-state index contributed by atoms with van der Waals surface area (Å²) in [5.74, 6) is 1.74. The lowest BCUT2D eigenvalue weighted by Crippen LogP contribution is -2.51. The first kappa shape index (κ1) is 22.7. The molecule has 5 nitrogen and oxygen atoms in total. The Balaban J connectivity index is 1.68. The monoisotopic (exact) mass is 450 g/mol. The summed E-state index contributed by atoms with van der Waals surface area (Å²) in [6.45, 7) is 9.95. The molecule has 0 amide bonds. The van der Waals surface area contributed by atoms with Crippen molar-refractivity contribution >= 4 is 17.4 Å². The van der Waals surface area contributed by atoms with Crippen LogP contribution in [0, 0.1) is 6.92 Å². The Bertz CT molecular complexity index is 1060. The van der Waals surface area contributed by atoms with Gasteiger partial charge in [-0.05, 0) is 32.4 Å². The number of anilines is 1. The van der Waals surface area contributed by atoms with Crippen LogP contribution in [0.3, 0.4) is 0 Å². The summed E-state index contributed by atoms with van der Waals surface area (Å²) in [4.78, 5) is 14.6. The van der Waals surface area contributed by atoms with Gasteiger partial charge in [0.05, 0.1) is 5.60 Å². The number of nitrogens with zero attached hydrogens (tertiary/aromatic N) is 4. The summed E-state index contributed by atoms with van der Waals surface area (Å²) in [7, 11) is 0. The highest BCUT2D eigenvalue weighted by molar-refractivity contribution is 6.31. The summed E-state index contributed by atoms with van der Waals surface area (Å²) < 4.78 is 0. The van der Waals surface area contributed by atoms with Gasteiger partial charge < -0.3 is 10.0 Å². The lowest BCUT2D eigenvalue weighted by molar-refractivity contribution is 0.0344. The van der Waals surface area contributed by atoms with Crippen LogP contribution < -0.4 is 4.90 Å². The van der Waals surface area contributed by atoms with E-state index in [1.54, 1.807) is 0 Å². The molecule has 0 spiro atoms. The maximum Gasteiger partial charge on any atom is 0.161 e. The molecule has 168 valence electrons. The fraction of sp³-hybridized carbons (Fsp3) is 0.385. The highest BCUT2D eigenvalue weighted by Crippen LogP contribution is 2.30. The molecular formula is C26H31ClN4O. The van der Waals surface area contributed by atoms with E-state index in [0.717, 1.165) is 65.2 Å². The van der Waals surface area contributed by atoms with Crippen molar-refractivity contribution in [1.29, 1.82) is 0 Å². The third kappa shape index (κ3) is 5.47. The normalized spacial score (nSPS) is 15.2. The molecule has 1 fully saturated rings. The van der Waals surface area contributed by atoms with Crippen LogP contribution in [0.2, 0.25) is 5.02 Å². The fourth-order valence-corrected chi connectivity index (χ4v) is 4.47. The molecule has 2 heterocycles. The van der Waals surface area contributed by atoms with Gasteiger partial charge in [0.15, 0.2) is 5.82 Å². The third-order valence-corrected chi connectivity index (χ3v) is 6.20. The van der Waals surface area contributed by atoms with Crippen molar-refractivity contribution in [1.82, 2.24) is 14.9 Å². The first-order valence-electron chi connectivity index (χ1n) is 11.2. The average Bonchev–Trinajstić information content (AvgIpc) is 2.76. The van der Waals surface area contributed by atoms with Crippen LogP contribution in [0.4, 0.5) is 5.82 Å². The molecule has 6 heteroatoms. The summed E-state index contributed by atoms with van der Waals surface area (Å²) in [5.41, 5.74) is 3.50. The van der Waals surface area contributed by atoms with Crippen LogP contribution in [0.1, 0.15) is 30.7 Å². The molecule has 0 atom stereocenters. The van der Waals surface area contributed by atoms with E-state index in [0.29, 0.717) is 13.0 Å². The average molecular weight is 451 g/mol. The van der Waals surface area contributed by atoms with Gasteiger partial charge in [-0.2, -0.15) is 0 Å². The largest absolute Gasteiger partial charge is 0.389 e. The van der Waals surface area contributed by atoms with E-state index in [4.69, 9.17) is 21.6 Å². The Morgan fingerprint density at radius 2 is 1.59 bits per heavy atom. The van der Waals surface area contributed by atoms with Crippen LogP contribution in [0.15, 0.2) is 54.6 Å². The summed E-state index contributed by atoms with van der Waals surface area (Å²) in [6, 6.07) is 18.1. The molecule has 0 aliphatic carbocycles. The molecular weight excluding hydrogens is 420 g/mol. The van der Waals surface area contributed by atoms with Gasteiger partial charge in [-0.15, -0.1) is 0 Å². The Labute approximate surface area is 195 Å². The zero-order valence-electron chi connectivity index (χ0n) is 19.1. The number of aryl methyl sites for hydroxylation is 1. The summed E-state index contributed by atoms with van der Waals surface area (Å²) in [5, 5.41) is 11.0. The summed E-state index contributed by atoms with van der Waals surface area (Å²) >= 11 is 6.49. The molecule has 4 rings (SSSR count). The first-order chi connectivity index (χ1) is 15.3. The van der Waals surface area contributed by atoms with Crippen molar-refractivity contribution in [2.24, 2.45) is 0 Å². The van der Waals surface area contributed by atoms with Gasteiger partial charge in [0.1, 0.15) is 5.82 Å². The number of aliphatic hydroxyl groups is 1. The van der Waals surface area contributed by atoms with E-state index in [2.05, 4.69) is 22.8 Å². The molecule has 0 unspecified atom stereocenters. The lowest BCUT2D eigenvalue weighted by Gasteiger charge is -2.38. The number of β-amino-alcohol motifs (C(OH)–C–C–N with tert-alkyl or cyclic N) is 1. The van der Waals surface area contributed by atoms with Crippen LogP contribution in [0.5, 0.6) is 0 Å². The highest BCUT2D eigenvalue weighted by Gasteiger charge is 2.26. The molecule has 0 bridgehead atoms. The minimum absolute atomic E-state index is 0.672. The molecule has 1 aliphatic rings. The van der Waals surface area contributed by atoms with Crippen LogP contribution in [-0.2, 0) is 6.42 Å². The van der Waals surface area contributed by atoms with E-state index < -0.39 is 5.60 Å². The Kier molecular flexibility index (Phi) is 6.79. The zero-order chi connectivity index (χ0) is 22.7. The standard InChI is InChI=1S/C26H31ClN4O/c1-19-22(17-21-11-7-8-12-23(21)27)25(29-24(28-19)20-9-5-4-6-10-20)31-15-13-30(14-16-31)18-26(2,3)32/h4-12,32H,13-18H2,1-3H3. The van der Waals surface area contributed by atoms with Crippen molar-refractivity contribution in [3.63, 3.8) is 0 Å². The van der Waals surface area contributed by atoms with Crippen LogP contribution >= 0.6 is 11.6 Å². The molecule has 1 N–H and O–H groups in total. The van der Waals surface area contributed by atoms with Crippen molar-refractivity contribution in [2.75, 3.05) is 37.6 Å². The number of piperazine rings is 1. The Hall–Kier alpha value is -2.47. The molecule has 0 radical (unpaired) electrons. The molecule has 1 aliphatic heterocycles. The summed E-state index contributed by atoms with van der Waals surface area (Å²) in [6.07, 6.45) is 0.694. The number of hydrogen-bond acceptors (Lipinski definition) is 5. The van der Waals surface area contributed by atoms with Gasteiger partial charge in [-0.1, -0.05) is 60.1 Å². The van der Waals surface area contributed by atoms with Crippen LogP contribution in [-0.4, -0.2) is 58.3 Å². The SMILES string of the molecule is Cc1nc(-c2ccccc2)nc(N2CCN(CC(C)(C)O)CC2)c1Cc1ccccc1Cl. The van der Waals surface area contributed by atoms with E-state index in [1.165, 1.54) is 0 Å². The third-order valence-electron chi connectivity index (χ3n) is 5.83. The van der Waals surface area contributed by atoms with Crippen molar-refractivity contribution < 1.29 is 5.11 Å². The molecule has 1 aromatic heterocycles.